The summed E-state index contributed by atoms with van der Waals surface area (Å²) in [6.07, 6.45) is 0. The number of hydrogen-bond donors (Lipinski definition) is 2. The van der Waals surface area contributed by atoms with Crippen molar-refractivity contribution < 1.29 is 0 Å². The number of benzene rings is 2. The number of anilines is 2. The van der Waals surface area contributed by atoms with E-state index >= 15 is 0 Å². The predicted octanol–water partition coefficient (Wildman–Crippen LogP) is 6.14. The van der Waals surface area contributed by atoms with Crippen LogP contribution in [0.5, 0.6) is 0 Å². The molecule has 0 atom stereocenters. The van der Waals surface area contributed by atoms with Gasteiger partial charge in [0.15, 0.2) is 5.11 Å². The van der Waals surface area contributed by atoms with Gasteiger partial charge in [-0.15, -0.1) is 0 Å². The van der Waals surface area contributed by atoms with Gasteiger partial charge in [-0.05, 0) is 66.2 Å². The highest BCUT2D eigenvalue weighted by Crippen LogP contribution is 2.28. The van der Waals surface area contributed by atoms with Gasteiger partial charge in [0.1, 0.15) is 0 Å². The fourth-order valence-corrected chi connectivity index (χ4v) is 2.81. The number of nitrogens with one attached hydrogen (secondary N) is 2. The van der Waals surface area contributed by atoms with Gasteiger partial charge < -0.3 is 10.6 Å². The van der Waals surface area contributed by atoms with Gasteiger partial charge in [-0.25, -0.2) is 0 Å². The third kappa shape index (κ3) is 4.80. The number of hydrogen-bond acceptors (Lipinski definition) is 1. The van der Waals surface area contributed by atoms with Crippen molar-refractivity contribution in [2.24, 2.45) is 0 Å². The highest BCUT2D eigenvalue weighted by molar-refractivity contribution is 9.10. The van der Waals surface area contributed by atoms with Crippen molar-refractivity contribution in [1.82, 2.24) is 0 Å². The molecule has 0 aliphatic carbocycles. The van der Waals surface area contributed by atoms with Gasteiger partial charge in [-0.2, -0.15) is 0 Å². The molecule has 2 aromatic carbocycles. The first-order valence-electron chi connectivity index (χ1n) is 6.58. The molecule has 0 aromatic heterocycles. The van der Waals surface area contributed by atoms with Crippen molar-refractivity contribution in [3.05, 3.63) is 57.0 Å². The minimum Gasteiger partial charge on any atom is -0.332 e. The molecule has 2 rings (SSSR count). The van der Waals surface area contributed by atoms with E-state index in [1.54, 1.807) is 0 Å². The van der Waals surface area contributed by atoms with Crippen LogP contribution in [0.25, 0.3) is 0 Å². The Morgan fingerprint density at radius 3 is 2.19 bits per heavy atom. The summed E-state index contributed by atoms with van der Waals surface area (Å²) in [5, 5.41) is 7.04. The van der Waals surface area contributed by atoms with Crippen LogP contribution in [0.2, 0.25) is 0 Å². The zero-order chi connectivity index (χ0) is 15.4. The lowest BCUT2D eigenvalue weighted by Gasteiger charge is -2.16. The second-order valence-corrected chi connectivity index (χ2v) is 7.21. The summed E-state index contributed by atoms with van der Waals surface area (Å²) in [7, 11) is 0. The van der Waals surface area contributed by atoms with Gasteiger partial charge in [0.25, 0.3) is 0 Å². The van der Waals surface area contributed by atoms with Crippen LogP contribution in [-0.4, -0.2) is 5.11 Å². The Morgan fingerprint density at radius 2 is 1.57 bits per heavy atom. The van der Waals surface area contributed by atoms with Crippen molar-refractivity contribution in [3.63, 3.8) is 0 Å². The molecule has 0 bridgehead atoms. The first kappa shape index (κ1) is 16.5. The molecule has 2 N–H and O–H groups in total. The first-order chi connectivity index (χ1) is 9.95. The average molecular weight is 428 g/mol. The van der Waals surface area contributed by atoms with Gasteiger partial charge in [0.2, 0.25) is 0 Å². The quantitative estimate of drug-likeness (QED) is 0.574. The fourth-order valence-electron chi connectivity index (χ4n) is 1.94. The van der Waals surface area contributed by atoms with E-state index in [9.17, 15) is 0 Å². The van der Waals surface area contributed by atoms with Crippen molar-refractivity contribution >= 4 is 60.6 Å². The van der Waals surface area contributed by atoms with Gasteiger partial charge in [0.05, 0.1) is 0 Å². The Bertz CT molecular complexity index is 639. The molecule has 2 aromatic rings. The first-order valence-corrected chi connectivity index (χ1v) is 8.58. The zero-order valence-electron chi connectivity index (χ0n) is 11.8. The Morgan fingerprint density at radius 1 is 0.952 bits per heavy atom. The molecule has 0 fully saturated rings. The molecule has 2 nitrogen and oxygen atoms in total. The van der Waals surface area contributed by atoms with Gasteiger partial charge in [0, 0.05) is 20.3 Å². The Hall–Kier alpha value is -0.910. The summed E-state index contributed by atoms with van der Waals surface area (Å²) in [6.45, 7) is 4.33. The van der Waals surface area contributed by atoms with Crippen LogP contribution in [-0.2, 0) is 0 Å². The molecule has 110 valence electrons. The Kier molecular flexibility index (Phi) is 5.79. The monoisotopic (exact) mass is 426 g/mol. The summed E-state index contributed by atoms with van der Waals surface area (Å²) in [6, 6.07) is 14.1. The van der Waals surface area contributed by atoms with E-state index in [0.717, 1.165) is 20.3 Å². The highest BCUT2D eigenvalue weighted by atomic mass is 79.9. The van der Waals surface area contributed by atoms with E-state index < -0.39 is 0 Å². The van der Waals surface area contributed by atoms with Crippen molar-refractivity contribution in [3.8, 4) is 0 Å². The molecule has 0 spiro atoms. The van der Waals surface area contributed by atoms with Gasteiger partial charge in [-0.1, -0.05) is 45.7 Å². The maximum atomic E-state index is 5.38. The van der Waals surface area contributed by atoms with E-state index in [2.05, 4.69) is 62.4 Å². The van der Waals surface area contributed by atoms with Crippen molar-refractivity contribution in [2.75, 3.05) is 10.6 Å². The summed E-state index contributed by atoms with van der Waals surface area (Å²) in [5.74, 6) is 0.417. The summed E-state index contributed by atoms with van der Waals surface area (Å²) < 4.78 is 2.12. The molecule has 0 unspecified atom stereocenters. The van der Waals surface area contributed by atoms with Gasteiger partial charge in [-0.3, -0.25) is 0 Å². The van der Waals surface area contributed by atoms with Crippen LogP contribution in [0.4, 0.5) is 11.4 Å². The molecular formula is C16H16Br2N2S. The fraction of sp³-hybridized carbons (Fsp3) is 0.188. The lowest BCUT2D eigenvalue weighted by Crippen LogP contribution is -2.20. The zero-order valence-corrected chi connectivity index (χ0v) is 15.8. The second kappa shape index (κ2) is 7.38. The normalized spacial score (nSPS) is 10.5. The minimum atomic E-state index is 0.417. The molecule has 0 aliphatic heterocycles. The third-order valence-corrected chi connectivity index (χ3v) is 4.21. The van der Waals surface area contributed by atoms with E-state index in [1.807, 2.05) is 36.4 Å². The van der Waals surface area contributed by atoms with Crippen LogP contribution >= 0.6 is 44.1 Å². The van der Waals surface area contributed by atoms with Crippen LogP contribution in [0.1, 0.15) is 25.3 Å². The van der Waals surface area contributed by atoms with Gasteiger partial charge >= 0.3 is 0 Å². The number of thiocarbonyl (C=S) groups is 1. The third-order valence-electron chi connectivity index (χ3n) is 2.99. The van der Waals surface area contributed by atoms with Crippen molar-refractivity contribution in [2.45, 2.75) is 19.8 Å². The van der Waals surface area contributed by atoms with Crippen LogP contribution in [0.15, 0.2) is 51.4 Å². The van der Waals surface area contributed by atoms with E-state index in [4.69, 9.17) is 12.2 Å². The minimum absolute atomic E-state index is 0.417. The molecule has 0 saturated heterocycles. The Balaban J connectivity index is 2.11. The van der Waals surface area contributed by atoms with Crippen LogP contribution < -0.4 is 10.6 Å². The topological polar surface area (TPSA) is 24.1 Å². The molecule has 21 heavy (non-hydrogen) atoms. The number of halogens is 2. The largest absolute Gasteiger partial charge is 0.332 e. The SMILES string of the molecule is CC(C)c1cc(Br)ccc1NC(=S)Nc1ccc(Br)cc1. The number of rotatable bonds is 3. The van der Waals surface area contributed by atoms with E-state index in [0.29, 0.717) is 11.0 Å². The van der Waals surface area contributed by atoms with E-state index in [1.165, 1.54) is 5.56 Å². The summed E-state index contributed by atoms with van der Waals surface area (Å²) in [5.41, 5.74) is 3.21. The smallest absolute Gasteiger partial charge is 0.175 e. The van der Waals surface area contributed by atoms with Crippen LogP contribution in [0, 0.1) is 0 Å². The molecule has 0 saturated carbocycles. The highest BCUT2D eigenvalue weighted by Gasteiger charge is 2.08. The second-order valence-electron chi connectivity index (χ2n) is 4.97. The predicted molar refractivity (Wildman–Crippen MR) is 102 cm³/mol. The molecular weight excluding hydrogens is 412 g/mol. The molecule has 5 heteroatoms. The molecule has 0 amide bonds. The average Bonchev–Trinajstić information content (AvgIpc) is 2.43. The molecule has 0 heterocycles. The maximum Gasteiger partial charge on any atom is 0.175 e. The standard InChI is InChI=1S/C16H16Br2N2S/c1-10(2)14-9-12(18)5-8-15(14)20-16(21)19-13-6-3-11(17)4-7-13/h3-10H,1-2H3,(H2,19,20,21). The van der Waals surface area contributed by atoms with E-state index in [-0.39, 0.29) is 0 Å². The summed E-state index contributed by atoms with van der Waals surface area (Å²) >= 11 is 12.3. The van der Waals surface area contributed by atoms with Crippen molar-refractivity contribution in [1.29, 1.82) is 0 Å². The maximum absolute atomic E-state index is 5.38. The lowest BCUT2D eigenvalue weighted by molar-refractivity contribution is 0.868. The van der Waals surface area contributed by atoms with Crippen LogP contribution in [0.3, 0.4) is 0 Å². The molecule has 0 radical (unpaired) electrons. The molecule has 0 aliphatic rings. The summed E-state index contributed by atoms with van der Waals surface area (Å²) in [4.78, 5) is 0. The lowest BCUT2D eigenvalue weighted by atomic mass is 10.0. The Labute approximate surface area is 147 Å².